The highest BCUT2D eigenvalue weighted by Crippen LogP contribution is 2.22. The van der Waals surface area contributed by atoms with Crippen molar-refractivity contribution in [3.8, 4) is 6.07 Å². The van der Waals surface area contributed by atoms with E-state index in [0.29, 0.717) is 23.0 Å². The number of halogens is 1. The lowest BCUT2D eigenvalue weighted by Crippen LogP contribution is -2.08. The number of nitriles is 1. The van der Waals surface area contributed by atoms with Crippen molar-refractivity contribution < 1.29 is 9.13 Å². The molecule has 0 N–H and O–H groups in total. The van der Waals surface area contributed by atoms with Gasteiger partial charge in [0.2, 0.25) is 0 Å². The van der Waals surface area contributed by atoms with Crippen molar-refractivity contribution in [1.29, 1.82) is 5.26 Å². The fourth-order valence-corrected chi connectivity index (χ4v) is 2.92. The maximum absolute atomic E-state index is 13.5. The molecule has 1 aromatic carbocycles. The van der Waals surface area contributed by atoms with E-state index < -0.39 is 0 Å². The van der Waals surface area contributed by atoms with Crippen molar-refractivity contribution in [2.75, 3.05) is 12.4 Å². The van der Waals surface area contributed by atoms with Crippen LogP contribution in [-0.4, -0.2) is 18.5 Å². The van der Waals surface area contributed by atoms with Crippen LogP contribution in [0.2, 0.25) is 0 Å². The summed E-state index contributed by atoms with van der Waals surface area (Å²) >= 11 is 1.66. The molecule has 0 radical (unpaired) electrons. The Morgan fingerprint density at radius 1 is 1.53 bits per heavy atom. The number of hydrogen-bond acceptors (Lipinski definition) is 3. The third-order valence-electron chi connectivity index (χ3n) is 2.76. The van der Waals surface area contributed by atoms with Crippen LogP contribution in [0.15, 0.2) is 18.2 Å². The van der Waals surface area contributed by atoms with Crippen molar-refractivity contribution in [1.82, 2.24) is 0 Å². The summed E-state index contributed by atoms with van der Waals surface area (Å²) in [5.41, 5.74) is 1.12. The quantitative estimate of drug-likeness (QED) is 0.824. The molecule has 17 heavy (non-hydrogen) atoms. The second-order valence-electron chi connectivity index (χ2n) is 4.07. The molecule has 2 rings (SSSR count). The van der Waals surface area contributed by atoms with Gasteiger partial charge < -0.3 is 4.74 Å². The van der Waals surface area contributed by atoms with Crippen molar-refractivity contribution >= 4 is 11.8 Å². The van der Waals surface area contributed by atoms with Crippen molar-refractivity contribution in [2.24, 2.45) is 0 Å². The Morgan fingerprint density at radius 2 is 2.41 bits per heavy atom. The SMILES string of the molecule is N#Cc1ccc(F)c(CSCC2CCCO2)c1. The van der Waals surface area contributed by atoms with E-state index >= 15 is 0 Å². The van der Waals surface area contributed by atoms with E-state index in [0.717, 1.165) is 25.2 Å². The molecule has 0 aromatic heterocycles. The van der Waals surface area contributed by atoms with E-state index in [2.05, 4.69) is 0 Å². The second kappa shape index (κ2) is 6.04. The summed E-state index contributed by atoms with van der Waals surface area (Å²) in [4.78, 5) is 0. The predicted molar refractivity (Wildman–Crippen MR) is 66.3 cm³/mol. The zero-order chi connectivity index (χ0) is 12.1. The minimum Gasteiger partial charge on any atom is -0.377 e. The maximum Gasteiger partial charge on any atom is 0.127 e. The van der Waals surface area contributed by atoms with Gasteiger partial charge >= 0.3 is 0 Å². The largest absolute Gasteiger partial charge is 0.377 e. The van der Waals surface area contributed by atoms with Crippen LogP contribution in [0.5, 0.6) is 0 Å². The summed E-state index contributed by atoms with van der Waals surface area (Å²) < 4.78 is 19.0. The number of rotatable bonds is 4. The summed E-state index contributed by atoms with van der Waals surface area (Å²) in [6.45, 7) is 0.851. The molecule has 1 aliphatic heterocycles. The zero-order valence-corrected chi connectivity index (χ0v) is 10.3. The fourth-order valence-electron chi connectivity index (χ4n) is 1.83. The average Bonchev–Trinajstić information content (AvgIpc) is 2.84. The lowest BCUT2D eigenvalue weighted by atomic mass is 10.1. The van der Waals surface area contributed by atoms with Crippen LogP contribution in [0.3, 0.4) is 0 Å². The minimum absolute atomic E-state index is 0.233. The summed E-state index contributed by atoms with van der Waals surface area (Å²) in [6, 6.07) is 6.51. The van der Waals surface area contributed by atoms with Crippen molar-refractivity contribution in [2.45, 2.75) is 24.7 Å². The van der Waals surface area contributed by atoms with Crippen LogP contribution < -0.4 is 0 Å². The number of nitrogens with zero attached hydrogens (tertiary/aromatic N) is 1. The van der Waals surface area contributed by atoms with E-state index in [1.165, 1.54) is 12.1 Å². The van der Waals surface area contributed by atoms with Gasteiger partial charge in [0.15, 0.2) is 0 Å². The Morgan fingerprint density at radius 3 is 3.12 bits per heavy atom. The van der Waals surface area contributed by atoms with Crippen LogP contribution in [0.4, 0.5) is 4.39 Å². The van der Waals surface area contributed by atoms with Gasteiger partial charge in [-0.1, -0.05) is 0 Å². The predicted octanol–water partition coefficient (Wildman–Crippen LogP) is 3.11. The fraction of sp³-hybridized carbons (Fsp3) is 0.462. The van der Waals surface area contributed by atoms with Gasteiger partial charge in [-0.3, -0.25) is 0 Å². The normalized spacial score (nSPS) is 19.2. The molecule has 1 aliphatic rings. The van der Waals surface area contributed by atoms with Gasteiger partial charge in [0, 0.05) is 18.1 Å². The summed E-state index contributed by atoms with van der Waals surface area (Å²) in [5, 5.41) is 8.75. The van der Waals surface area contributed by atoms with Gasteiger partial charge in [-0.15, -0.1) is 0 Å². The van der Waals surface area contributed by atoms with Crippen LogP contribution in [0.1, 0.15) is 24.0 Å². The Hall–Kier alpha value is -1.05. The molecule has 1 atom stereocenters. The number of hydrogen-bond donors (Lipinski definition) is 0. The van der Waals surface area contributed by atoms with Crippen LogP contribution in [0, 0.1) is 17.1 Å². The third kappa shape index (κ3) is 3.45. The van der Waals surface area contributed by atoms with Crippen LogP contribution in [-0.2, 0) is 10.5 Å². The van der Waals surface area contributed by atoms with E-state index in [1.54, 1.807) is 17.8 Å². The molecule has 1 fully saturated rings. The Kier molecular flexibility index (Phi) is 4.41. The average molecular weight is 251 g/mol. The van der Waals surface area contributed by atoms with Gasteiger partial charge in [0.05, 0.1) is 17.7 Å². The molecule has 90 valence electrons. The topological polar surface area (TPSA) is 33.0 Å². The molecule has 1 unspecified atom stereocenters. The first-order chi connectivity index (χ1) is 8.29. The third-order valence-corrected chi connectivity index (χ3v) is 3.88. The highest BCUT2D eigenvalue weighted by molar-refractivity contribution is 7.98. The molecule has 0 amide bonds. The maximum atomic E-state index is 13.5. The van der Waals surface area contributed by atoms with Crippen LogP contribution >= 0.6 is 11.8 Å². The molecule has 2 nitrogen and oxygen atoms in total. The van der Waals surface area contributed by atoms with E-state index in [1.807, 2.05) is 6.07 Å². The lowest BCUT2D eigenvalue weighted by molar-refractivity contribution is 0.129. The number of benzene rings is 1. The molecule has 1 aromatic rings. The number of ether oxygens (including phenoxy) is 1. The Labute approximate surface area is 105 Å². The minimum atomic E-state index is -0.233. The molecule has 4 heteroatoms. The molecule has 0 aliphatic carbocycles. The number of thioether (sulfide) groups is 1. The van der Waals surface area contributed by atoms with Gasteiger partial charge in [-0.05, 0) is 36.6 Å². The summed E-state index contributed by atoms with van der Waals surface area (Å²) in [6.07, 6.45) is 2.55. The molecule has 1 saturated heterocycles. The monoisotopic (exact) mass is 251 g/mol. The standard InChI is InChI=1S/C13H14FNOS/c14-13-4-3-10(7-15)6-11(13)8-17-9-12-2-1-5-16-12/h3-4,6,12H,1-2,5,8-9H2. The molecule has 0 spiro atoms. The molecule has 0 saturated carbocycles. The molecule has 0 bridgehead atoms. The van der Waals surface area contributed by atoms with Crippen molar-refractivity contribution in [3.05, 3.63) is 35.1 Å². The second-order valence-corrected chi connectivity index (χ2v) is 5.10. The summed E-state index contributed by atoms with van der Waals surface area (Å²) in [7, 11) is 0. The lowest BCUT2D eigenvalue weighted by Gasteiger charge is -2.09. The van der Waals surface area contributed by atoms with Crippen LogP contribution in [0.25, 0.3) is 0 Å². The van der Waals surface area contributed by atoms with Gasteiger partial charge in [-0.2, -0.15) is 17.0 Å². The molecular formula is C13H14FNOS. The van der Waals surface area contributed by atoms with E-state index in [4.69, 9.17) is 10.00 Å². The first-order valence-corrected chi connectivity index (χ1v) is 6.83. The first kappa shape index (κ1) is 12.4. The van der Waals surface area contributed by atoms with E-state index in [9.17, 15) is 4.39 Å². The highest BCUT2D eigenvalue weighted by Gasteiger charge is 2.15. The Balaban J connectivity index is 1.87. The summed E-state index contributed by atoms with van der Waals surface area (Å²) in [5.74, 6) is 1.26. The van der Waals surface area contributed by atoms with Gasteiger partial charge in [0.25, 0.3) is 0 Å². The van der Waals surface area contributed by atoms with Gasteiger partial charge in [-0.25, -0.2) is 4.39 Å². The molecular weight excluding hydrogens is 237 g/mol. The van der Waals surface area contributed by atoms with Gasteiger partial charge in [0.1, 0.15) is 5.82 Å². The smallest absolute Gasteiger partial charge is 0.127 e. The van der Waals surface area contributed by atoms with Crippen molar-refractivity contribution in [3.63, 3.8) is 0 Å². The molecule has 1 heterocycles. The van der Waals surface area contributed by atoms with E-state index in [-0.39, 0.29) is 5.82 Å². The Bertz CT molecular complexity index is 424. The first-order valence-electron chi connectivity index (χ1n) is 5.67. The highest BCUT2D eigenvalue weighted by atomic mass is 32.2. The zero-order valence-electron chi connectivity index (χ0n) is 9.49.